The van der Waals surface area contributed by atoms with E-state index in [9.17, 15) is 14.9 Å². The van der Waals surface area contributed by atoms with Gasteiger partial charge in [-0.1, -0.05) is 6.07 Å². The van der Waals surface area contributed by atoms with Crippen molar-refractivity contribution in [1.29, 1.82) is 0 Å². The van der Waals surface area contributed by atoms with Gasteiger partial charge >= 0.3 is 5.69 Å². The van der Waals surface area contributed by atoms with Crippen LogP contribution in [0.5, 0.6) is 28.7 Å². The lowest BCUT2D eigenvalue weighted by Crippen LogP contribution is -2.30. The zero-order valence-corrected chi connectivity index (χ0v) is 16.5. The highest BCUT2D eigenvalue weighted by atomic mass is 16.6. The second-order valence-corrected chi connectivity index (χ2v) is 6.36. The van der Waals surface area contributed by atoms with E-state index < -0.39 is 10.8 Å². The standard InChI is InChI=1S/C20H21NO8/c1-25-14-6-5-11(8-13(14)21(23)24)7-12-10-29-15-9-16(26-2)19(27-3)20(28-4)17(15)18(12)22/h5-6,8-9,12H,7,10H2,1-4H3. The molecule has 2 aromatic rings. The Kier molecular flexibility index (Phi) is 5.76. The molecule has 2 aromatic carbocycles. The summed E-state index contributed by atoms with van der Waals surface area (Å²) in [6.07, 6.45) is 0.264. The number of benzene rings is 2. The van der Waals surface area contributed by atoms with Crippen LogP contribution in [0.4, 0.5) is 5.69 Å². The average Bonchev–Trinajstić information content (AvgIpc) is 2.73. The van der Waals surface area contributed by atoms with Crippen LogP contribution in [0.3, 0.4) is 0 Å². The van der Waals surface area contributed by atoms with Crippen molar-refractivity contribution in [3.05, 3.63) is 45.5 Å². The molecule has 0 fully saturated rings. The van der Waals surface area contributed by atoms with Gasteiger partial charge in [0.25, 0.3) is 0 Å². The quantitative estimate of drug-likeness (QED) is 0.513. The largest absolute Gasteiger partial charge is 0.493 e. The third kappa shape index (κ3) is 3.63. The minimum Gasteiger partial charge on any atom is -0.493 e. The normalized spacial score (nSPS) is 15.2. The Morgan fingerprint density at radius 3 is 2.31 bits per heavy atom. The highest BCUT2D eigenvalue weighted by Gasteiger charge is 2.35. The van der Waals surface area contributed by atoms with Gasteiger partial charge < -0.3 is 23.7 Å². The number of Topliss-reactive ketones (excluding diaryl/α,β-unsaturated/α-hetero) is 1. The van der Waals surface area contributed by atoms with Crippen LogP contribution in [-0.2, 0) is 6.42 Å². The van der Waals surface area contributed by atoms with Crippen LogP contribution in [0.25, 0.3) is 0 Å². The number of fused-ring (bicyclic) bond motifs is 1. The van der Waals surface area contributed by atoms with Crippen molar-refractivity contribution in [3.63, 3.8) is 0 Å². The fraction of sp³-hybridized carbons (Fsp3) is 0.350. The van der Waals surface area contributed by atoms with Gasteiger partial charge in [-0.3, -0.25) is 14.9 Å². The molecule has 0 amide bonds. The molecule has 29 heavy (non-hydrogen) atoms. The zero-order valence-electron chi connectivity index (χ0n) is 16.5. The molecule has 1 atom stereocenters. The first-order chi connectivity index (χ1) is 13.9. The smallest absolute Gasteiger partial charge is 0.311 e. The summed E-state index contributed by atoms with van der Waals surface area (Å²) in [7, 11) is 5.73. The molecule has 1 aliphatic rings. The fourth-order valence-corrected chi connectivity index (χ4v) is 3.39. The number of carbonyl (C=O) groups is 1. The first-order valence-electron chi connectivity index (χ1n) is 8.76. The highest BCUT2D eigenvalue weighted by Crippen LogP contribution is 2.47. The summed E-state index contributed by atoms with van der Waals surface area (Å²) in [5, 5.41) is 11.3. The molecular weight excluding hydrogens is 382 g/mol. The first kappa shape index (κ1) is 20.2. The Bertz CT molecular complexity index is 956. The van der Waals surface area contributed by atoms with E-state index in [-0.39, 0.29) is 41.6 Å². The van der Waals surface area contributed by atoms with Crippen molar-refractivity contribution in [2.24, 2.45) is 5.92 Å². The number of ether oxygens (including phenoxy) is 5. The van der Waals surface area contributed by atoms with E-state index in [0.29, 0.717) is 22.8 Å². The lowest BCUT2D eigenvalue weighted by atomic mass is 9.88. The minimum atomic E-state index is -0.539. The van der Waals surface area contributed by atoms with Crippen molar-refractivity contribution in [2.75, 3.05) is 35.0 Å². The van der Waals surface area contributed by atoms with E-state index in [0.717, 1.165) is 0 Å². The lowest BCUT2D eigenvalue weighted by molar-refractivity contribution is -0.385. The fourth-order valence-electron chi connectivity index (χ4n) is 3.39. The summed E-state index contributed by atoms with van der Waals surface area (Å²) in [5.74, 6) is 0.698. The van der Waals surface area contributed by atoms with Gasteiger partial charge in [-0.15, -0.1) is 0 Å². The number of nitro groups is 1. The monoisotopic (exact) mass is 403 g/mol. The molecule has 1 unspecified atom stereocenters. The molecule has 0 aliphatic carbocycles. The molecule has 0 aromatic heterocycles. The lowest BCUT2D eigenvalue weighted by Gasteiger charge is -2.27. The van der Waals surface area contributed by atoms with Gasteiger partial charge in [0.1, 0.15) is 11.3 Å². The van der Waals surface area contributed by atoms with Gasteiger partial charge in [-0.2, -0.15) is 0 Å². The predicted molar refractivity (Wildman–Crippen MR) is 103 cm³/mol. The Balaban J connectivity index is 1.96. The summed E-state index contributed by atoms with van der Waals surface area (Å²) in [6, 6.07) is 6.21. The predicted octanol–water partition coefficient (Wildman–Crippen LogP) is 3.06. The topological polar surface area (TPSA) is 106 Å². The molecule has 1 heterocycles. The molecule has 0 bridgehead atoms. The molecular formula is C20H21NO8. The van der Waals surface area contributed by atoms with Crippen molar-refractivity contribution in [1.82, 2.24) is 0 Å². The summed E-state index contributed by atoms with van der Waals surface area (Å²) < 4.78 is 26.9. The molecule has 9 nitrogen and oxygen atoms in total. The van der Waals surface area contributed by atoms with E-state index in [1.165, 1.54) is 40.6 Å². The molecule has 0 radical (unpaired) electrons. The van der Waals surface area contributed by atoms with Crippen molar-refractivity contribution < 1.29 is 33.4 Å². The maximum Gasteiger partial charge on any atom is 0.311 e. The van der Waals surface area contributed by atoms with Gasteiger partial charge in [-0.05, 0) is 18.1 Å². The number of carbonyl (C=O) groups excluding carboxylic acids is 1. The molecule has 0 spiro atoms. The number of nitrogens with zero attached hydrogens (tertiary/aromatic N) is 1. The third-order valence-electron chi connectivity index (χ3n) is 4.77. The summed E-state index contributed by atoms with van der Waals surface area (Å²) in [6.45, 7) is 0.129. The van der Waals surface area contributed by atoms with Crippen LogP contribution < -0.4 is 23.7 Å². The molecule has 3 rings (SSSR count). The second-order valence-electron chi connectivity index (χ2n) is 6.36. The number of methoxy groups -OCH3 is 4. The zero-order chi connectivity index (χ0) is 21.1. The van der Waals surface area contributed by atoms with Crippen LogP contribution in [0.1, 0.15) is 15.9 Å². The van der Waals surface area contributed by atoms with Gasteiger partial charge in [-0.25, -0.2) is 0 Å². The molecule has 1 aliphatic heterocycles. The second kappa shape index (κ2) is 8.26. The Labute approximate surface area is 167 Å². The van der Waals surface area contributed by atoms with Gasteiger partial charge in [0.05, 0.1) is 45.9 Å². The maximum absolute atomic E-state index is 13.2. The Hall–Kier alpha value is -3.49. The number of ketones is 1. The number of hydrogen-bond donors (Lipinski definition) is 0. The third-order valence-corrected chi connectivity index (χ3v) is 4.77. The van der Waals surface area contributed by atoms with E-state index in [1.54, 1.807) is 12.1 Å². The SMILES string of the molecule is COc1ccc(CC2COc3cc(OC)c(OC)c(OC)c3C2=O)cc1[N+](=O)[O-]. The summed E-state index contributed by atoms with van der Waals surface area (Å²) in [5.41, 5.74) is 0.741. The number of nitro benzene ring substituents is 1. The van der Waals surface area contributed by atoms with E-state index >= 15 is 0 Å². The van der Waals surface area contributed by atoms with Crippen molar-refractivity contribution >= 4 is 11.5 Å². The van der Waals surface area contributed by atoms with Crippen LogP contribution >= 0.6 is 0 Å². The van der Waals surface area contributed by atoms with Gasteiger partial charge in [0.15, 0.2) is 23.0 Å². The maximum atomic E-state index is 13.2. The molecule has 0 N–H and O–H groups in total. The summed E-state index contributed by atoms with van der Waals surface area (Å²) >= 11 is 0. The average molecular weight is 403 g/mol. The first-order valence-corrected chi connectivity index (χ1v) is 8.76. The highest BCUT2D eigenvalue weighted by molar-refractivity contribution is 6.05. The molecule has 0 saturated heterocycles. The Morgan fingerprint density at radius 1 is 1.03 bits per heavy atom. The van der Waals surface area contributed by atoms with Crippen LogP contribution in [0.15, 0.2) is 24.3 Å². The molecule has 9 heteroatoms. The van der Waals surface area contributed by atoms with Crippen LogP contribution in [-0.4, -0.2) is 45.8 Å². The van der Waals surface area contributed by atoms with E-state index in [2.05, 4.69) is 0 Å². The van der Waals surface area contributed by atoms with Crippen molar-refractivity contribution in [3.8, 4) is 28.7 Å². The number of rotatable bonds is 7. The van der Waals surface area contributed by atoms with Gasteiger partial charge in [0, 0.05) is 12.1 Å². The van der Waals surface area contributed by atoms with E-state index in [1.807, 2.05) is 0 Å². The van der Waals surface area contributed by atoms with Gasteiger partial charge in [0.2, 0.25) is 5.75 Å². The summed E-state index contributed by atoms with van der Waals surface area (Å²) in [4.78, 5) is 23.9. The molecule has 0 saturated carbocycles. The Morgan fingerprint density at radius 2 is 1.72 bits per heavy atom. The minimum absolute atomic E-state index is 0.129. The van der Waals surface area contributed by atoms with Crippen molar-refractivity contribution in [2.45, 2.75) is 6.42 Å². The van der Waals surface area contributed by atoms with Crippen LogP contribution in [0.2, 0.25) is 0 Å². The molecule has 154 valence electrons. The van der Waals surface area contributed by atoms with E-state index in [4.69, 9.17) is 23.7 Å². The number of hydrogen-bond acceptors (Lipinski definition) is 8. The van der Waals surface area contributed by atoms with Crippen LogP contribution in [0, 0.1) is 16.0 Å².